The molecule has 1 saturated carbocycles. The summed E-state index contributed by atoms with van der Waals surface area (Å²) in [5, 5.41) is 12.5. The lowest BCUT2D eigenvalue weighted by atomic mass is 9.75. The minimum atomic E-state index is -1.11. The van der Waals surface area contributed by atoms with Crippen LogP contribution in [0, 0.1) is 0 Å². The van der Waals surface area contributed by atoms with E-state index in [1.54, 1.807) is 7.05 Å². The molecule has 2 aromatic carbocycles. The van der Waals surface area contributed by atoms with Crippen molar-refractivity contribution in [1.29, 1.82) is 0 Å². The summed E-state index contributed by atoms with van der Waals surface area (Å²) in [7, 11) is 1.56. The molecule has 1 atom stereocenters. The monoisotopic (exact) mass is 478 g/mol. The van der Waals surface area contributed by atoms with E-state index < -0.39 is 23.6 Å². The first kappa shape index (κ1) is 24.8. The maximum atomic E-state index is 13.0. The second kappa shape index (κ2) is 10.5. The lowest BCUT2D eigenvalue weighted by Gasteiger charge is -2.45. The zero-order valence-corrected chi connectivity index (χ0v) is 20.5. The standard InChI is InChI=1S/C28H34N2O5/c1-3-4-10-19(17-25(31)30(2)28(26(32)33)15-9-16-28)29-27(34)35-18-24-22-13-7-5-11-20(22)21-12-6-8-14-23(21)24/h5-8,11-14,19,24H,3-4,9-10,15-18H2,1-2H3,(H,29,34)(H,32,33)/t19-/m1/s1. The van der Waals surface area contributed by atoms with E-state index in [0.717, 1.165) is 41.5 Å². The first-order valence-corrected chi connectivity index (χ1v) is 12.5. The van der Waals surface area contributed by atoms with Crippen LogP contribution in [0.3, 0.4) is 0 Å². The lowest BCUT2D eigenvalue weighted by molar-refractivity contribution is -0.164. The third kappa shape index (κ3) is 4.90. The quantitative estimate of drug-likeness (QED) is 0.504. The average molecular weight is 479 g/mol. The summed E-state index contributed by atoms with van der Waals surface area (Å²) in [6, 6.07) is 15.9. The molecule has 4 rings (SSSR count). The van der Waals surface area contributed by atoms with Crippen molar-refractivity contribution in [3.63, 3.8) is 0 Å². The number of alkyl carbamates (subject to hydrolysis) is 1. The molecule has 0 aliphatic heterocycles. The Balaban J connectivity index is 1.39. The van der Waals surface area contributed by atoms with Gasteiger partial charge in [-0.25, -0.2) is 9.59 Å². The molecule has 0 spiro atoms. The van der Waals surface area contributed by atoms with Crippen molar-refractivity contribution in [3.05, 3.63) is 59.7 Å². The van der Waals surface area contributed by atoms with Crippen LogP contribution in [-0.4, -0.2) is 53.2 Å². The fourth-order valence-electron chi connectivity index (χ4n) is 5.27. The van der Waals surface area contributed by atoms with Gasteiger partial charge in [-0.2, -0.15) is 0 Å². The summed E-state index contributed by atoms with van der Waals surface area (Å²) >= 11 is 0. The van der Waals surface area contributed by atoms with Crippen LogP contribution in [0.4, 0.5) is 4.79 Å². The molecule has 0 saturated heterocycles. The highest BCUT2D eigenvalue weighted by Gasteiger charge is 2.49. The molecule has 7 heteroatoms. The second-order valence-corrected chi connectivity index (χ2v) is 9.66. The maximum absolute atomic E-state index is 13.0. The number of ether oxygens (including phenoxy) is 1. The van der Waals surface area contributed by atoms with Crippen molar-refractivity contribution in [2.45, 2.75) is 69.4 Å². The number of carboxylic acid groups (broad SMARTS) is 1. The van der Waals surface area contributed by atoms with Gasteiger partial charge in [0.1, 0.15) is 12.1 Å². The van der Waals surface area contributed by atoms with Gasteiger partial charge in [-0.3, -0.25) is 4.79 Å². The van der Waals surface area contributed by atoms with Crippen LogP contribution < -0.4 is 5.32 Å². The van der Waals surface area contributed by atoms with Crippen LogP contribution in [0.5, 0.6) is 0 Å². The minimum Gasteiger partial charge on any atom is -0.479 e. The van der Waals surface area contributed by atoms with Crippen molar-refractivity contribution in [2.24, 2.45) is 0 Å². The van der Waals surface area contributed by atoms with Gasteiger partial charge in [-0.1, -0.05) is 68.3 Å². The summed E-state index contributed by atoms with van der Waals surface area (Å²) in [4.78, 5) is 38.9. The molecule has 2 N–H and O–H groups in total. The molecule has 0 bridgehead atoms. The van der Waals surface area contributed by atoms with Crippen LogP contribution in [0.25, 0.3) is 11.1 Å². The molecule has 2 aliphatic carbocycles. The second-order valence-electron chi connectivity index (χ2n) is 9.66. The highest BCUT2D eigenvalue weighted by atomic mass is 16.5. The number of likely N-dealkylation sites (N-methyl/N-ethyl adjacent to an activating group) is 1. The number of hydrogen-bond donors (Lipinski definition) is 2. The molecule has 186 valence electrons. The number of benzene rings is 2. The molecule has 7 nitrogen and oxygen atoms in total. The Hall–Kier alpha value is -3.35. The maximum Gasteiger partial charge on any atom is 0.407 e. The van der Waals surface area contributed by atoms with E-state index in [0.29, 0.717) is 19.3 Å². The fourth-order valence-corrected chi connectivity index (χ4v) is 5.27. The number of hydrogen-bond acceptors (Lipinski definition) is 4. The Kier molecular flexibility index (Phi) is 7.43. The fraction of sp³-hybridized carbons (Fsp3) is 0.464. The largest absolute Gasteiger partial charge is 0.479 e. The van der Waals surface area contributed by atoms with Gasteiger partial charge in [0, 0.05) is 25.4 Å². The zero-order valence-electron chi connectivity index (χ0n) is 20.5. The van der Waals surface area contributed by atoms with Gasteiger partial charge < -0.3 is 20.1 Å². The molecule has 2 amide bonds. The molecule has 0 unspecified atom stereocenters. The molecule has 0 heterocycles. The number of amides is 2. The summed E-state index contributed by atoms with van der Waals surface area (Å²) in [5.41, 5.74) is 3.49. The highest BCUT2D eigenvalue weighted by Crippen LogP contribution is 2.44. The van der Waals surface area contributed by atoms with Gasteiger partial charge in [-0.05, 0) is 47.9 Å². The lowest BCUT2D eigenvalue weighted by Crippen LogP contribution is -2.60. The molecule has 0 aromatic heterocycles. The van der Waals surface area contributed by atoms with Crippen LogP contribution >= 0.6 is 0 Å². The number of nitrogens with zero attached hydrogens (tertiary/aromatic N) is 1. The highest BCUT2D eigenvalue weighted by molar-refractivity contribution is 5.88. The molecule has 0 radical (unpaired) electrons. The van der Waals surface area contributed by atoms with Gasteiger partial charge in [0.15, 0.2) is 0 Å². The summed E-state index contributed by atoms with van der Waals surface area (Å²) < 4.78 is 5.66. The van der Waals surface area contributed by atoms with Gasteiger partial charge in [-0.15, -0.1) is 0 Å². The van der Waals surface area contributed by atoms with Crippen LogP contribution in [-0.2, 0) is 14.3 Å². The number of aliphatic carboxylic acids is 1. The van der Waals surface area contributed by atoms with Gasteiger partial charge >= 0.3 is 12.1 Å². The van der Waals surface area contributed by atoms with E-state index in [-0.39, 0.29) is 24.9 Å². The van der Waals surface area contributed by atoms with E-state index in [1.165, 1.54) is 4.90 Å². The Labute approximate surface area is 206 Å². The van der Waals surface area contributed by atoms with E-state index in [9.17, 15) is 19.5 Å². The van der Waals surface area contributed by atoms with Crippen molar-refractivity contribution >= 4 is 18.0 Å². The van der Waals surface area contributed by atoms with Crippen molar-refractivity contribution in [3.8, 4) is 11.1 Å². The molecular weight excluding hydrogens is 444 g/mol. The number of carbonyl (C=O) groups excluding carboxylic acids is 2. The van der Waals surface area contributed by atoms with Gasteiger partial charge in [0.2, 0.25) is 5.91 Å². The predicted octanol–water partition coefficient (Wildman–Crippen LogP) is 4.94. The molecule has 2 aliphatic rings. The molecule has 2 aromatic rings. The summed E-state index contributed by atoms with van der Waals surface area (Å²) in [6.45, 7) is 2.25. The Bertz CT molecular complexity index is 1050. The van der Waals surface area contributed by atoms with Crippen LogP contribution in [0.2, 0.25) is 0 Å². The number of nitrogens with one attached hydrogen (secondary N) is 1. The van der Waals surface area contributed by atoms with E-state index in [2.05, 4.69) is 29.6 Å². The van der Waals surface area contributed by atoms with Crippen LogP contribution in [0.1, 0.15) is 68.9 Å². The van der Waals surface area contributed by atoms with E-state index in [1.807, 2.05) is 31.2 Å². The van der Waals surface area contributed by atoms with Crippen molar-refractivity contribution in [1.82, 2.24) is 10.2 Å². The smallest absolute Gasteiger partial charge is 0.407 e. The van der Waals surface area contributed by atoms with Crippen molar-refractivity contribution in [2.75, 3.05) is 13.7 Å². The predicted molar refractivity (Wildman–Crippen MR) is 133 cm³/mol. The zero-order chi connectivity index (χ0) is 25.0. The SMILES string of the molecule is CCCC[C@H](CC(=O)N(C)C1(C(=O)O)CCC1)NC(=O)OCC1c2ccccc2-c2ccccc21. The van der Waals surface area contributed by atoms with Gasteiger partial charge in [0.05, 0.1) is 0 Å². The number of unbranched alkanes of at least 4 members (excludes halogenated alkanes) is 1. The summed E-state index contributed by atoms with van der Waals surface area (Å²) in [5.74, 6) is -1.27. The Morgan fingerprint density at radius 3 is 2.20 bits per heavy atom. The van der Waals surface area contributed by atoms with Crippen molar-refractivity contribution < 1.29 is 24.2 Å². The Morgan fingerprint density at radius 2 is 1.69 bits per heavy atom. The number of rotatable bonds is 10. The van der Waals surface area contributed by atoms with E-state index >= 15 is 0 Å². The third-order valence-corrected chi connectivity index (χ3v) is 7.59. The number of carboxylic acids is 1. The average Bonchev–Trinajstić information content (AvgIpc) is 3.14. The van der Waals surface area contributed by atoms with Gasteiger partial charge in [0.25, 0.3) is 0 Å². The number of fused-ring (bicyclic) bond motifs is 3. The molecule has 35 heavy (non-hydrogen) atoms. The molecule has 1 fully saturated rings. The topological polar surface area (TPSA) is 95.9 Å². The third-order valence-electron chi connectivity index (χ3n) is 7.59. The minimum absolute atomic E-state index is 0.0379. The first-order valence-electron chi connectivity index (χ1n) is 12.5. The molecular formula is C28H34N2O5. The number of carbonyl (C=O) groups is 3. The summed E-state index contributed by atoms with van der Waals surface area (Å²) in [6.07, 6.45) is 3.60. The van der Waals surface area contributed by atoms with Crippen LogP contribution in [0.15, 0.2) is 48.5 Å². The van der Waals surface area contributed by atoms with E-state index in [4.69, 9.17) is 4.74 Å². The normalized spacial score (nSPS) is 16.4. The Morgan fingerprint density at radius 1 is 1.09 bits per heavy atom. The first-order chi connectivity index (χ1) is 16.9.